The molecule has 0 spiro atoms. The molecule has 0 aliphatic heterocycles. The quantitative estimate of drug-likeness (QED) is 0.474. The summed E-state index contributed by atoms with van der Waals surface area (Å²) in [6, 6.07) is 0. The Morgan fingerprint density at radius 1 is 1.23 bits per heavy atom. The first-order chi connectivity index (χ1) is 6.20. The molecule has 0 aromatic heterocycles. The highest BCUT2D eigenvalue weighted by Gasteiger charge is 2.02. The molecular formula is C12H24O. The number of hydrogen-bond donors (Lipinski definition) is 1. The fraction of sp³-hybridized carbons (Fsp3) is 0.833. The molecule has 1 atom stereocenters. The van der Waals surface area contributed by atoms with Gasteiger partial charge in [-0.1, -0.05) is 44.3 Å². The summed E-state index contributed by atoms with van der Waals surface area (Å²) in [5, 5.41) is 9.09. The zero-order valence-corrected chi connectivity index (χ0v) is 9.34. The van der Waals surface area contributed by atoms with Gasteiger partial charge in [0.1, 0.15) is 0 Å². The van der Waals surface area contributed by atoms with Gasteiger partial charge in [-0.25, -0.2) is 0 Å². The lowest BCUT2D eigenvalue weighted by atomic mass is 9.99. The highest BCUT2D eigenvalue weighted by atomic mass is 16.3. The van der Waals surface area contributed by atoms with E-state index in [2.05, 4.69) is 26.8 Å². The Morgan fingerprint density at radius 3 is 2.38 bits per heavy atom. The van der Waals surface area contributed by atoms with Crippen molar-refractivity contribution >= 4 is 0 Å². The molecule has 0 bridgehead atoms. The normalized spacial score (nSPS) is 12.6. The van der Waals surface area contributed by atoms with E-state index in [-0.39, 0.29) is 0 Å². The zero-order chi connectivity index (χ0) is 10.1. The van der Waals surface area contributed by atoms with E-state index < -0.39 is 0 Å². The number of allylic oxidation sites excluding steroid dienone is 1. The van der Waals surface area contributed by atoms with Crippen molar-refractivity contribution in [1.29, 1.82) is 0 Å². The lowest BCUT2D eigenvalue weighted by Crippen LogP contribution is -2.02. The maximum absolute atomic E-state index is 9.09. The van der Waals surface area contributed by atoms with Crippen LogP contribution in [0.15, 0.2) is 11.6 Å². The summed E-state index contributed by atoms with van der Waals surface area (Å²) in [4.78, 5) is 0. The van der Waals surface area contributed by atoms with Crippen LogP contribution in [0.5, 0.6) is 0 Å². The zero-order valence-electron chi connectivity index (χ0n) is 9.34. The van der Waals surface area contributed by atoms with Crippen LogP contribution < -0.4 is 0 Å². The number of aliphatic hydroxyl groups excluding tert-OH is 1. The summed E-state index contributed by atoms with van der Waals surface area (Å²) in [5.41, 5.74) is 1.31. The van der Waals surface area contributed by atoms with Gasteiger partial charge >= 0.3 is 0 Å². The predicted octanol–water partition coefficient (Wildman–Crippen LogP) is 3.53. The molecule has 1 heteroatoms. The summed E-state index contributed by atoms with van der Waals surface area (Å²) >= 11 is 0. The average Bonchev–Trinajstić information content (AvgIpc) is 2.09. The highest BCUT2D eigenvalue weighted by Crippen LogP contribution is 2.13. The maximum Gasteiger partial charge on any atom is 0.0493 e. The SMILES string of the molecule is CCCCCC[C@@H](C=C(C)C)CO. The Morgan fingerprint density at radius 2 is 1.92 bits per heavy atom. The molecule has 0 saturated carbocycles. The molecule has 78 valence electrons. The van der Waals surface area contributed by atoms with Gasteiger partial charge in [0.05, 0.1) is 0 Å². The second-order valence-electron chi connectivity index (χ2n) is 4.04. The van der Waals surface area contributed by atoms with Gasteiger partial charge in [-0.05, 0) is 20.3 Å². The molecule has 0 unspecified atom stereocenters. The van der Waals surface area contributed by atoms with E-state index in [9.17, 15) is 0 Å². The smallest absolute Gasteiger partial charge is 0.0493 e. The number of hydrogen-bond acceptors (Lipinski definition) is 1. The predicted molar refractivity (Wildman–Crippen MR) is 58.8 cm³/mol. The molecule has 13 heavy (non-hydrogen) atoms. The molecule has 0 amide bonds. The van der Waals surface area contributed by atoms with E-state index in [1.165, 1.54) is 31.3 Å². The van der Waals surface area contributed by atoms with E-state index in [1.807, 2.05) is 0 Å². The minimum atomic E-state index is 0.303. The van der Waals surface area contributed by atoms with Gasteiger partial charge in [-0.2, -0.15) is 0 Å². The van der Waals surface area contributed by atoms with Gasteiger partial charge in [0, 0.05) is 12.5 Å². The van der Waals surface area contributed by atoms with E-state index in [0.29, 0.717) is 12.5 Å². The fourth-order valence-electron chi connectivity index (χ4n) is 1.53. The lowest BCUT2D eigenvalue weighted by Gasteiger charge is -2.09. The van der Waals surface area contributed by atoms with Crippen molar-refractivity contribution in [2.24, 2.45) is 5.92 Å². The van der Waals surface area contributed by atoms with E-state index in [1.54, 1.807) is 0 Å². The van der Waals surface area contributed by atoms with Crippen LogP contribution >= 0.6 is 0 Å². The molecule has 1 N–H and O–H groups in total. The molecule has 0 radical (unpaired) electrons. The van der Waals surface area contributed by atoms with Crippen LogP contribution in [0.1, 0.15) is 52.9 Å². The van der Waals surface area contributed by atoms with Gasteiger partial charge in [-0.3, -0.25) is 0 Å². The van der Waals surface area contributed by atoms with E-state index >= 15 is 0 Å². The lowest BCUT2D eigenvalue weighted by molar-refractivity contribution is 0.242. The third kappa shape index (κ3) is 8.04. The monoisotopic (exact) mass is 184 g/mol. The van der Waals surface area contributed by atoms with Crippen LogP contribution in [0.4, 0.5) is 0 Å². The van der Waals surface area contributed by atoms with Gasteiger partial charge in [0.15, 0.2) is 0 Å². The van der Waals surface area contributed by atoms with Gasteiger partial charge in [0.2, 0.25) is 0 Å². The standard InChI is InChI=1S/C12H24O/c1-4-5-6-7-8-12(10-13)9-11(2)3/h9,12-13H,4-8,10H2,1-3H3/t12-/m0/s1. The molecular weight excluding hydrogens is 160 g/mol. The van der Waals surface area contributed by atoms with Crippen LogP contribution in [-0.4, -0.2) is 11.7 Å². The minimum absolute atomic E-state index is 0.303. The second-order valence-corrected chi connectivity index (χ2v) is 4.04. The number of unbranched alkanes of at least 4 members (excludes halogenated alkanes) is 3. The summed E-state index contributed by atoms with van der Waals surface area (Å²) in [6.07, 6.45) is 8.50. The minimum Gasteiger partial charge on any atom is -0.396 e. The Bertz CT molecular complexity index is 134. The van der Waals surface area contributed by atoms with Crippen LogP contribution in [-0.2, 0) is 0 Å². The maximum atomic E-state index is 9.09. The third-order valence-corrected chi connectivity index (χ3v) is 2.23. The molecule has 0 rings (SSSR count). The average molecular weight is 184 g/mol. The molecule has 0 heterocycles. The molecule has 0 aromatic carbocycles. The van der Waals surface area contributed by atoms with Crippen molar-refractivity contribution in [2.75, 3.05) is 6.61 Å². The molecule has 0 saturated heterocycles. The Labute approximate surface area is 82.9 Å². The van der Waals surface area contributed by atoms with Crippen molar-refractivity contribution in [3.63, 3.8) is 0 Å². The van der Waals surface area contributed by atoms with Crippen molar-refractivity contribution < 1.29 is 5.11 Å². The Balaban J connectivity index is 3.54. The topological polar surface area (TPSA) is 20.2 Å². The Kier molecular flexibility index (Phi) is 8.11. The largest absolute Gasteiger partial charge is 0.396 e. The first-order valence-corrected chi connectivity index (χ1v) is 5.46. The van der Waals surface area contributed by atoms with Crippen LogP contribution in [0.3, 0.4) is 0 Å². The third-order valence-electron chi connectivity index (χ3n) is 2.23. The molecule has 0 fully saturated rings. The highest BCUT2D eigenvalue weighted by molar-refractivity contribution is 4.97. The first-order valence-electron chi connectivity index (χ1n) is 5.46. The Hall–Kier alpha value is -0.300. The van der Waals surface area contributed by atoms with Crippen LogP contribution in [0.25, 0.3) is 0 Å². The number of aliphatic hydroxyl groups is 1. The molecule has 0 aromatic rings. The summed E-state index contributed by atoms with van der Waals surface area (Å²) in [6.45, 7) is 6.71. The molecule has 0 aliphatic rings. The second kappa shape index (κ2) is 8.31. The van der Waals surface area contributed by atoms with Crippen LogP contribution in [0, 0.1) is 5.92 Å². The van der Waals surface area contributed by atoms with Crippen molar-refractivity contribution in [1.82, 2.24) is 0 Å². The van der Waals surface area contributed by atoms with Crippen molar-refractivity contribution in [3.8, 4) is 0 Å². The first kappa shape index (κ1) is 12.7. The summed E-state index contributed by atoms with van der Waals surface area (Å²) in [7, 11) is 0. The van der Waals surface area contributed by atoms with Gasteiger partial charge < -0.3 is 5.11 Å². The van der Waals surface area contributed by atoms with Crippen molar-refractivity contribution in [3.05, 3.63) is 11.6 Å². The summed E-state index contributed by atoms with van der Waals surface area (Å²) < 4.78 is 0. The molecule has 0 aliphatic carbocycles. The van der Waals surface area contributed by atoms with Crippen molar-refractivity contribution in [2.45, 2.75) is 52.9 Å². The summed E-state index contributed by atoms with van der Waals surface area (Å²) in [5.74, 6) is 0.391. The number of rotatable bonds is 7. The molecule has 1 nitrogen and oxygen atoms in total. The fourth-order valence-corrected chi connectivity index (χ4v) is 1.53. The van der Waals surface area contributed by atoms with E-state index in [4.69, 9.17) is 5.11 Å². The van der Waals surface area contributed by atoms with Crippen LogP contribution in [0.2, 0.25) is 0 Å². The van der Waals surface area contributed by atoms with E-state index in [0.717, 1.165) is 6.42 Å². The van der Waals surface area contributed by atoms with Gasteiger partial charge in [0.25, 0.3) is 0 Å². The van der Waals surface area contributed by atoms with Gasteiger partial charge in [-0.15, -0.1) is 0 Å².